The lowest BCUT2D eigenvalue weighted by Crippen LogP contribution is -2.38. The maximum absolute atomic E-state index is 12.6. The van der Waals surface area contributed by atoms with Crippen LogP contribution in [0.1, 0.15) is 72.6 Å². The van der Waals surface area contributed by atoms with Crippen LogP contribution in [0.5, 0.6) is 5.75 Å². The first-order chi connectivity index (χ1) is 15.1. The van der Waals surface area contributed by atoms with E-state index in [0.717, 1.165) is 38.8 Å². The van der Waals surface area contributed by atoms with Gasteiger partial charge in [0.25, 0.3) is 0 Å². The molecule has 0 saturated heterocycles. The van der Waals surface area contributed by atoms with Gasteiger partial charge < -0.3 is 19.1 Å². The van der Waals surface area contributed by atoms with Crippen molar-refractivity contribution in [2.75, 3.05) is 44.8 Å². The number of likely N-dealkylation sites (N-methyl/N-ethyl adjacent to an activating group) is 1. The maximum atomic E-state index is 12.6. The third-order valence-corrected chi connectivity index (χ3v) is 5.21. The zero-order chi connectivity index (χ0) is 22.7. The zero-order valence-electron chi connectivity index (χ0n) is 20.6. The predicted octanol–water partition coefficient (Wildman–Crippen LogP) is 6.53. The molecule has 1 rings (SSSR count). The molecule has 0 aliphatic rings. The monoisotopic (exact) mass is 472 g/mol. The minimum Gasteiger partial charge on any atom is -0.491 e. The Hall–Kier alpha value is -1.50. The van der Waals surface area contributed by atoms with E-state index < -0.39 is 6.09 Å². The highest BCUT2D eigenvalue weighted by Crippen LogP contribution is 2.24. The number of rotatable bonds is 18. The summed E-state index contributed by atoms with van der Waals surface area (Å²) < 4.78 is 17.4. The number of anilines is 1. The van der Waals surface area contributed by atoms with Crippen molar-refractivity contribution in [1.82, 2.24) is 4.90 Å². The van der Waals surface area contributed by atoms with E-state index in [1.54, 1.807) is 0 Å². The molecule has 1 aromatic rings. The molecule has 0 spiro atoms. The average Bonchev–Trinajstić information content (AvgIpc) is 2.78. The number of benzene rings is 1. The SMILES string of the molecule is CCCCCCCOc1ccccc1NC(=O)OC(COCCCC)CN(CC)CC.Cl. The highest BCUT2D eigenvalue weighted by Gasteiger charge is 2.19. The topological polar surface area (TPSA) is 60.0 Å². The molecule has 0 bridgehead atoms. The van der Waals surface area contributed by atoms with E-state index in [-0.39, 0.29) is 18.5 Å². The first-order valence-electron chi connectivity index (χ1n) is 12.1. The average molecular weight is 473 g/mol. The number of nitrogens with one attached hydrogen (secondary N) is 1. The highest BCUT2D eigenvalue weighted by atomic mass is 35.5. The number of hydrogen-bond acceptors (Lipinski definition) is 5. The van der Waals surface area contributed by atoms with Gasteiger partial charge >= 0.3 is 6.09 Å². The molecular weight excluding hydrogens is 428 g/mol. The van der Waals surface area contributed by atoms with Gasteiger partial charge in [0.2, 0.25) is 0 Å². The minimum absolute atomic E-state index is 0. The van der Waals surface area contributed by atoms with Gasteiger partial charge in [-0.05, 0) is 38.1 Å². The van der Waals surface area contributed by atoms with Crippen molar-refractivity contribution in [2.45, 2.75) is 78.7 Å². The molecule has 0 aromatic heterocycles. The van der Waals surface area contributed by atoms with Gasteiger partial charge in [0.1, 0.15) is 11.9 Å². The summed E-state index contributed by atoms with van der Waals surface area (Å²) >= 11 is 0. The molecule has 32 heavy (non-hydrogen) atoms. The normalized spacial score (nSPS) is 11.7. The quantitative estimate of drug-likeness (QED) is 0.246. The minimum atomic E-state index is -0.477. The van der Waals surface area contributed by atoms with Crippen molar-refractivity contribution in [1.29, 1.82) is 0 Å². The number of halogens is 1. The first kappa shape index (κ1) is 30.5. The van der Waals surface area contributed by atoms with Gasteiger partial charge in [-0.25, -0.2) is 4.79 Å². The van der Waals surface area contributed by atoms with E-state index in [1.807, 2.05) is 24.3 Å². The van der Waals surface area contributed by atoms with E-state index in [0.29, 0.717) is 37.8 Å². The fraction of sp³-hybridized carbons (Fsp3) is 0.720. The number of amides is 1. The van der Waals surface area contributed by atoms with Crippen LogP contribution in [0.2, 0.25) is 0 Å². The number of ether oxygens (including phenoxy) is 3. The standard InChI is InChI=1S/C25H44N2O4.ClH/c1-5-9-11-12-15-19-30-24-17-14-13-16-23(24)26-25(28)31-22(20-27(7-3)8-4)21-29-18-10-6-2;/h13-14,16-17,22H,5-12,15,18-21H2,1-4H3,(H,26,28);1H. The molecule has 6 nitrogen and oxygen atoms in total. The van der Waals surface area contributed by atoms with E-state index in [9.17, 15) is 4.79 Å². The molecule has 1 N–H and O–H groups in total. The first-order valence-corrected chi connectivity index (χ1v) is 12.1. The van der Waals surface area contributed by atoms with Gasteiger partial charge in [-0.1, -0.05) is 71.9 Å². The summed E-state index contributed by atoms with van der Waals surface area (Å²) in [5, 5.41) is 2.85. The number of nitrogens with zero attached hydrogens (tertiary/aromatic N) is 1. The Morgan fingerprint density at radius 3 is 2.31 bits per heavy atom. The van der Waals surface area contributed by atoms with Gasteiger partial charge in [-0.3, -0.25) is 5.32 Å². The smallest absolute Gasteiger partial charge is 0.412 e. The van der Waals surface area contributed by atoms with E-state index >= 15 is 0 Å². The van der Waals surface area contributed by atoms with Crippen LogP contribution in [0, 0.1) is 0 Å². The summed E-state index contributed by atoms with van der Waals surface area (Å²) in [7, 11) is 0. The summed E-state index contributed by atoms with van der Waals surface area (Å²) in [4.78, 5) is 14.8. The molecule has 0 radical (unpaired) electrons. The Kier molecular flexibility index (Phi) is 19.2. The van der Waals surface area contributed by atoms with Crippen LogP contribution in [-0.4, -0.2) is 56.6 Å². The Labute approximate surface area is 201 Å². The van der Waals surface area contributed by atoms with Crippen molar-refractivity contribution in [3.8, 4) is 5.75 Å². The lowest BCUT2D eigenvalue weighted by molar-refractivity contribution is 0.00804. The molecule has 1 atom stereocenters. The second-order valence-corrected chi connectivity index (χ2v) is 7.83. The van der Waals surface area contributed by atoms with Gasteiger partial charge in [-0.2, -0.15) is 0 Å². The molecule has 1 aromatic carbocycles. The van der Waals surface area contributed by atoms with Gasteiger partial charge in [0.15, 0.2) is 0 Å². The Morgan fingerprint density at radius 1 is 0.938 bits per heavy atom. The predicted molar refractivity (Wildman–Crippen MR) is 135 cm³/mol. The van der Waals surface area contributed by atoms with Crippen molar-refractivity contribution >= 4 is 24.2 Å². The summed E-state index contributed by atoms with van der Waals surface area (Å²) in [6.45, 7) is 12.8. The number of carbonyl (C=O) groups is 1. The fourth-order valence-electron chi connectivity index (χ4n) is 3.23. The molecule has 1 unspecified atom stereocenters. The number of para-hydroxylation sites is 2. The molecule has 0 heterocycles. The molecular formula is C25H45ClN2O4. The van der Waals surface area contributed by atoms with Crippen molar-refractivity contribution in [3.05, 3.63) is 24.3 Å². The van der Waals surface area contributed by atoms with Crippen molar-refractivity contribution in [3.63, 3.8) is 0 Å². The zero-order valence-corrected chi connectivity index (χ0v) is 21.4. The van der Waals surface area contributed by atoms with Gasteiger partial charge in [0, 0.05) is 13.2 Å². The van der Waals surface area contributed by atoms with Crippen LogP contribution in [-0.2, 0) is 9.47 Å². The lowest BCUT2D eigenvalue weighted by atomic mass is 10.2. The second-order valence-electron chi connectivity index (χ2n) is 7.83. The van der Waals surface area contributed by atoms with Gasteiger partial charge in [-0.15, -0.1) is 12.4 Å². The highest BCUT2D eigenvalue weighted by molar-refractivity contribution is 5.86. The summed E-state index contributed by atoms with van der Waals surface area (Å²) in [5.41, 5.74) is 0.634. The number of carbonyl (C=O) groups excluding carboxylic acids is 1. The van der Waals surface area contributed by atoms with E-state index in [4.69, 9.17) is 14.2 Å². The Morgan fingerprint density at radius 2 is 1.62 bits per heavy atom. The van der Waals surface area contributed by atoms with Crippen LogP contribution < -0.4 is 10.1 Å². The van der Waals surface area contributed by atoms with Crippen molar-refractivity contribution in [2.24, 2.45) is 0 Å². The Bertz CT molecular complexity index is 585. The number of hydrogen-bond donors (Lipinski definition) is 1. The third kappa shape index (κ3) is 13.8. The molecule has 0 aliphatic heterocycles. The molecule has 7 heteroatoms. The van der Waals surface area contributed by atoms with Crippen LogP contribution in [0.15, 0.2) is 24.3 Å². The summed E-state index contributed by atoms with van der Waals surface area (Å²) in [6.07, 6.45) is 7.20. The summed E-state index contributed by atoms with van der Waals surface area (Å²) in [5.74, 6) is 0.675. The van der Waals surface area contributed by atoms with Crippen LogP contribution in [0.4, 0.5) is 10.5 Å². The molecule has 1 amide bonds. The van der Waals surface area contributed by atoms with Crippen LogP contribution in [0.25, 0.3) is 0 Å². The largest absolute Gasteiger partial charge is 0.491 e. The second kappa shape index (κ2) is 20.1. The molecule has 0 aliphatic carbocycles. The van der Waals surface area contributed by atoms with E-state index in [1.165, 1.54) is 19.3 Å². The van der Waals surface area contributed by atoms with Crippen molar-refractivity contribution < 1.29 is 19.0 Å². The van der Waals surface area contributed by atoms with E-state index in [2.05, 4.69) is 37.9 Å². The fourth-order valence-corrected chi connectivity index (χ4v) is 3.23. The maximum Gasteiger partial charge on any atom is 0.412 e. The number of unbranched alkanes of at least 4 members (excludes halogenated alkanes) is 5. The molecule has 0 saturated carbocycles. The third-order valence-electron chi connectivity index (χ3n) is 5.21. The molecule has 0 fully saturated rings. The Balaban J connectivity index is 0.00000961. The van der Waals surface area contributed by atoms with Crippen LogP contribution >= 0.6 is 12.4 Å². The molecule has 186 valence electrons. The summed E-state index contributed by atoms with van der Waals surface area (Å²) in [6, 6.07) is 7.51. The van der Waals surface area contributed by atoms with Gasteiger partial charge in [0.05, 0.1) is 18.9 Å². The van der Waals surface area contributed by atoms with Crippen LogP contribution in [0.3, 0.4) is 0 Å². The lowest BCUT2D eigenvalue weighted by Gasteiger charge is -2.25.